The first kappa shape index (κ1) is 6.77. The Morgan fingerprint density at radius 1 is 1.89 bits per heavy atom. The van der Waals surface area contributed by atoms with Gasteiger partial charge < -0.3 is 5.11 Å². The van der Waals surface area contributed by atoms with E-state index in [1.807, 2.05) is 0 Å². The average molecular weight is 191 g/mol. The lowest BCUT2D eigenvalue weighted by molar-refractivity contribution is 0.110. The van der Waals surface area contributed by atoms with Gasteiger partial charge in [-0.2, -0.15) is 5.10 Å². The first-order valence-electron chi connectivity index (χ1n) is 2.58. The number of aliphatic hydroxyl groups is 1. The summed E-state index contributed by atoms with van der Waals surface area (Å²) in [5, 5.41) is 12.8. The van der Waals surface area contributed by atoms with Gasteiger partial charge in [0.2, 0.25) is 0 Å². The Morgan fingerprint density at radius 2 is 2.56 bits per heavy atom. The molecule has 0 aromatic carbocycles. The van der Waals surface area contributed by atoms with Gasteiger partial charge in [-0.25, -0.2) is 4.68 Å². The van der Waals surface area contributed by atoms with Crippen LogP contribution in [-0.2, 0) is 0 Å². The van der Waals surface area contributed by atoms with E-state index in [-0.39, 0.29) is 0 Å². The fraction of sp³-hybridized carbons (Fsp3) is 0.400. The molecule has 0 aliphatic heterocycles. The predicted molar refractivity (Wildman–Crippen MR) is 36.9 cm³/mol. The quantitative estimate of drug-likeness (QED) is 0.723. The number of nitrogens with zero attached hydrogens (tertiary/aromatic N) is 2. The number of halogens is 1. The van der Waals surface area contributed by atoms with Crippen LogP contribution in [0.4, 0.5) is 0 Å². The Balaban J connectivity index is 2.85. The Kier molecular flexibility index (Phi) is 1.87. The SMILES string of the molecule is CC(O)n1cc(Br)cn1. The molecule has 0 saturated heterocycles. The Labute approximate surface area is 61.4 Å². The third-order valence-corrected chi connectivity index (χ3v) is 1.36. The van der Waals surface area contributed by atoms with Crippen molar-refractivity contribution in [3.63, 3.8) is 0 Å². The van der Waals surface area contributed by atoms with Gasteiger partial charge in [0.05, 0.1) is 10.7 Å². The monoisotopic (exact) mass is 190 g/mol. The van der Waals surface area contributed by atoms with Gasteiger partial charge in [-0.1, -0.05) is 0 Å². The van der Waals surface area contributed by atoms with Crippen molar-refractivity contribution in [2.24, 2.45) is 0 Å². The molecular weight excluding hydrogens is 184 g/mol. The highest BCUT2D eigenvalue weighted by atomic mass is 79.9. The largest absolute Gasteiger partial charge is 0.372 e. The van der Waals surface area contributed by atoms with Crippen molar-refractivity contribution in [1.82, 2.24) is 9.78 Å². The molecule has 0 amide bonds. The molecule has 9 heavy (non-hydrogen) atoms. The number of rotatable bonds is 1. The van der Waals surface area contributed by atoms with Crippen LogP contribution in [0.2, 0.25) is 0 Å². The van der Waals surface area contributed by atoms with Crippen molar-refractivity contribution in [3.05, 3.63) is 16.9 Å². The molecular formula is C5H7BrN2O. The molecule has 1 N–H and O–H groups in total. The molecule has 0 spiro atoms. The van der Waals surface area contributed by atoms with Crippen LogP contribution in [0.5, 0.6) is 0 Å². The highest BCUT2D eigenvalue weighted by molar-refractivity contribution is 9.10. The van der Waals surface area contributed by atoms with E-state index >= 15 is 0 Å². The van der Waals surface area contributed by atoms with Gasteiger partial charge in [0.1, 0.15) is 6.23 Å². The molecule has 0 bridgehead atoms. The highest BCUT2D eigenvalue weighted by Crippen LogP contribution is 2.08. The van der Waals surface area contributed by atoms with E-state index < -0.39 is 6.23 Å². The smallest absolute Gasteiger partial charge is 0.144 e. The zero-order valence-corrected chi connectivity index (χ0v) is 6.54. The van der Waals surface area contributed by atoms with E-state index in [1.54, 1.807) is 19.3 Å². The molecule has 1 rings (SSSR count). The van der Waals surface area contributed by atoms with Crippen LogP contribution < -0.4 is 0 Å². The molecule has 50 valence electrons. The summed E-state index contributed by atoms with van der Waals surface area (Å²) in [5.74, 6) is 0. The maximum atomic E-state index is 8.92. The van der Waals surface area contributed by atoms with Crippen LogP contribution in [-0.4, -0.2) is 14.9 Å². The van der Waals surface area contributed by atoms with Crippen LogP contribution in [0.1, 0.15) is 13.2 Å². The summed E-state index contributed by atoms with van der Waals surface area (Å²) in [6, 6.07) is 0. The zero-order valence-electron chi connectivity index (χ0n) is 4.95. The molecule has 0 saturated carbocycles. The molecule has 0 fully saturated rings. The van der Waals surface area contributed by atoms with Gasteiger partial charge in [-0.05, 0) is 22.9 Å². The van der Waals surface area contributed by atoms with Crippen molar-refractivity contribution in [2.45, 2.75) is 13.2 Å². The van der Waals surface area contributed by atoms with Crippen LogP contribution in [0.25, 0.3) is 0 Å². The molecule has 4 heteroatoms. The van der Waals surface area contributed by atoms with Crippen molar-refractivity contribution < 1.29 is 5.11 Å². The lowest BCUT2D eigenvalue weighted by atomic mass is 10.6. The molecule has 0 radical (unpaired) electrons. The number of aliphatic hydroxyl groups excluding tert-OH is 1. The second kappa shape index (κ2) is 2.49. The fourth-order valence-electron chi connectivity index (χ4n) is 0.519. The minimum atomic E-state index is -0.545. The Morgan fingerprint density at radius 3 is 2.78 bits per heavy atom. The minimum Gasteiger partial charge on any atom is -0.372 e. The first-order valence-corrected chi connectivity index (χ1v) is 3.37. The average Bonchev–Trinajstić information content (AvgIpc) is 2.14. The normalized spacial score (nSPS) is 13.7. The number of hydrogen-bond donors (Lipinski definition) is 1. The summed E-state index contributed by atoms with van der Waals surface area (Å²) < 4.78 is 2.34. The second-order valence-corrected chi connectivity index (χ2v) is 2.69. The van der Waals surface area contributed by atoms with Crippen molar-refractivity contribution in [3.8, 4) is 0 Å². The van der Waals surface area contributed by atoms with Crippen LogP contribution in [0.3, 0.4) is 0 Å². The van der Waals surface area contributed by atoms with E-state index in [0.29, 0.717) is 0 Å². The first-order chi connectivity index (χ1) is 4.20. The molecule has 1 heterocycles. The standard InChI is InChI=1S/C5H7BrN2O/c1-4(9)8-3-5(6)2-7-8/h2-4,9H,1H3. The Bertz CT molecular complexity index is 197. The molecule has 3 nitrogen and oxygen atoms in total. The number of hydrogen-bond acceptors (Lipinski definition) is 2. The van der Waals surface area contributed by atoms with E-state index in [2.05, 4.69) is 21.0 Å². The summed E-state index contributed by atoms with van der Waals surface area (Å²) in [6.45, 7) is 1.65. The van der Waals surface area contributed by atoms with Crippen molar-refractivity contribution in [1.29, 1.82) is 0 Å². The van der Waals surface area contributed by atoms with Crippen molar-refractivity contribution in [2.75, 3.05) is 0 Å². The lowest BCUT2D eigenvalue weighted by Gasteiger charge is -2.00. The van der Waals surface area contributed by atoms with Gasteiger partial charge >= 0.3 is 0 Å². The summed E-state index contributed by atoms with van der Waals surface area (Å²) in [4.78, 5) is 0. The highest BCUT2D eigenvalue weighted by Gasteiger charge is 1.98. The second-order valence-electron chi connectivity index (χ2n) is 1.77. The van der Waals surface area contributed by atoms with E-state index in [9.17, 15) is 0 Å². The Hall–Kier alpha value is -0.350. The van der Waals surface area contributed by atoms with Crippen molar-refractivity contribution >= 4 is 15.9 Å². The van der Waals surface area contributed by atoms with Gasteiger partial charge in [0.15, 0.2) is 0 Å². The van der Waals surface area contributed by atoms with Crippen LogP contribution >= 0.6 is 15.9 Å². The third-order valence-electron chi connectivity index (χ3n) is 0.953. The summed E-state index contributed by atoms with van der Waals surface area (Å²) in [6.07, 6.45) is 2.80. The maximum absolute atomic E-state index is 8.92. The summed E-state index contributed by atoms with van der Waals surface area (Å²) in [5.41, 5.74) is 0. The molecule has 1 unspecified atom stereocenters. The molecule has 1 aromatic rings. The van der Waals surface area contributed by atoms with E-state index in [4.69, 9.17) is 5.11 Å². The minimum absolute atomic E-state index is 0.545. The fourth-order valence-corrected chi connectivity index (χ4v) is 0.821. The van der Waals surface area contributed by atoms with Crippen LogP contribution in [0.15, 0.2) is 16.9 Å². The van der Waals surface area contributed by atoms with Gasteiger partial charge in [0, 0.05) is 6.20 Å². The summed E-state index contributed by atoms with van der Waals surface area (Å²) in [7, 11) is 0. The molecule has 1 aromatic heterocycles. The molecule has 0 aliphatic rings. The maximum Gasteiger partial charge on any atom is 0.144 e. The van der Waals surface area contributed by atoms with E-state index in [1.165, 1.54) is 4.68 Å². The zero-order chi connectivity index (χ0) is 6.85. The van der Waals surface area contributed by atoms with Gasteiger partial charge in [-0.15, -0.1) is 0 Å². The topological polar surface area (TPSA) is 38.0 Å². The van der Waals surface area contributed by atoms with Gasteiger partial charge in [0.25, 0.3) is 0 Å². The van der Waals surface area contributed by atoms with Crippen LogP contribution in [0, 0.1) is 0 Å². The number of aromatic nitrogens is 2. The summed E-state index contributed by atoms with van der Waals surface area (Å²) >= 11 is 3.21. The van der Waals surface area contributed by atoms with Gasteiger partial charge in [-0.3, -0.25) is 0 Å². The molecule has 1 atom stereocenters. The lowest BCUT2D eigenvalue weighted by Crippen LogP contribution is -2.02. The predicted octanol–water partition coefficient (Wildman–Crippen LogP) is 1.16. The third kappa shape index (κ3) is 1.53. The molecule has 0 aliphatic carbocycles. The van der Waals surface area contributed by atoms with E-state index in [0.717, 1.165) is 4.47 Å².